The SMILES string of the molecule is Cc1ccc(NC(=O)COc2ccc(-c3nc(C(C)C)no3)cc2)c(Cl)c1. The lowest BCUT2D eigenvalue weighted by Crippen LogP contribution is -2.20. The first-order chi connectivity index (χ1) is 12.9. The third-order valence-electron chi connectivity index (χ3n) is 3.83. The molecule has 3 aromatic rings. The van der Waals surface area contributed by atoms with E-state index in [2.05, 4.69) is 15.5 Å². The topological polar surface area (TPSA) is 77.2 Å². The minimum Gasteiger partial charge on any atom is -0.484 e. The number of rotatable bonds is 6. The molecule has 0 unspecified atom stereocenters. The second-order valence-corrected chi connectivity index (χ2v) is 6.86. The van der Waals surface area contributed by atoms with Crippen LogP contribution in [0.4, 0.5) is 5.69 Å². The number of carbonyl (C=O) groups is 1. The highest BCUT2D eigenvalue weighted by Gasteiger charge is 2.12. The van der Waals surface area contributed by atoms with Crippen molar-refractivity contribution in [3.63, 3.8) is 0 Å². The van der Waals surface area contributed by atoms with E-state index in [1.807, 2.05) is 39.0 Å². The largest absolute Gasteiger partial charge is 0.484 e. The number of hydrogen-bond acceptors (Lipinski definition) is 5. The molecule has 0 radical (unpaired) electrons. The quantitative estimate of drug-likeness (QED) is 0.657. The average molecular weight is 386 g/mol. The minimum atomic E-state index is -0.289. The van der Waals surface area contributed by atoms with E-state index in [9.17, 15) is 4.79 Å². The number of nitrogens with one attached hydrogen (secondary N) is 1. The zero-order chi connectivity index (χ0) is 19.4. The zero-order valence-corrected chi connectivity index (χ0v) is 16.1. The van der Waals surface area contributed by atoms with Crippen molar-refractivity contribution in [1.29, 1.82) is 0 Å². The number of nitrogens with zero attached hydrogens (tertiary/aromatic N) is 2. The normalized spacial score (nSPS) is 10.9. The van der Waals surface area contributed by atoms with Gasteiger partial charge < -0.3 is 14.6 Å². The molecule has 7 heteroatoms. The second kappa shape index (κ2) is 8.22. The monoisotopic (exact) mass is 385 g/mol. The van der Waals surface area contributed by atoms with Gasteiger partial charge in [-0.15, -0.1) is 0 Å². The van der Waals surface area contributed by atoms with Gasteiger partial charge in [0.15, 0.2) is 12.4 Å². The van der Waals surface area contributed by atoms with E-state index in [0.717, 1.165) is 11.1 Å². The summed E-state index contributed by atoms with van der Waals surface area (Å²) in [5.74, 6) is 1.59. The van der Waals surface area contributed by atoms with E-state index in [1.165, 1.54) is 0 Å². The molecule has 0 atom stereocenters. The van der Waals surface area contributed by atoms with Crippen LogP contribution >= 0.6 is 11.6 Å². The van der Waals surface area contributed by atoms with E-state index < -0.39 is 0 Å². The van der Waals surface area contributed by atoms with Crippen LogP contribution in [0.1, 0.15) is 31.2 Å². The average Bonchev–Trinajstić information content (AvgIpc) is 3.13. The lowest BCUT2D eigenvalue weighted by Gasteiger charge is -2.09. The van der Waals surface area contributed by atoms with Gasteiger partial charge in [-0.25, -0.2) is 0 Å². The number of aromatic nitrogens is 2. The van der Waals surface area contributed by atoms with Crippen LogP contribution in [0.5, 0.6) is 5.75 Å². The Labute approximate surface area is 162 Å². The highest BCUT2D eigenvalue weighted by Crippen LogP contribution is 2.24. The number of aryl methyl sites for hydroxylation is 1. The second-order valence-electron chi connectivity index (χ2n) is 6.46. The van der Waals surface area contributed by atoms with Gasteiger partial charge in [-0.2, -0.15) is 4.98 Å². The molecule has 1 amide bonds. The van der Waals surface area contributed by atoms with Crippen LogP contribution in [0.15, 0.2) is 47.0 Å². The minimum absolute atomic E-state index is 0.123. The Morgan fingerprint density at radius 3 is 2.59 bits per heavy atom. The van der Waals surface area contributed by atoms with Gasteiger partial charge in [0.2, 0.25) is 0 Å². The molecule has 0 saturated carbocycles. The molecular formula is C20H20ClN3O3. The van der Waals surface area contributed by atoms with Crippen molar-refractivity contribution < 1.29 is 14.1 Å². The number of halogens is 1. The van der Waals surface area contributed by atoms with Crippen LogP contribution in [-0.2, 0) is 4.79 Å². The van der Waals surface area contributed by atoms with Crippen LogP contribution in [0.25, 0.3) is 11.5 Å². The number of ether oxygens (including phenoxy) is 1. The van der Waals surface area contributed by atoms with Gasteiger partial charge in [0.25, 0.3) is 11.8 Å². The molecule has 140 valence electrons. The molecule has 0 aliphatic rings. The van der Waals surface area contributed by atoms with Crippen LogP contribution in [0.3, 0.4) is 0 Å². The Hall–Kier alpha value is -2.86. The van der Waals surface area contributed by atoms with Crippen LogP contribution in [-0.4, -0.2) is 22.7 Å². The molecular weight excluding hydrogens is 366 g/mol. The van der Waals surface area contributed by atoms with Gasteiger partial charge in [-0.1, -0.05) is 36.7 Å². The van der Waals surface area contributed by atoms with Crippen molar-refractivity contribution in [2.24, 2.45) is 0 Å². The smallest absolute Gasteiger partial charge is 0.262 e. The fourth-order valence-electron chi connectivity index (χ4n) is 2.34. The molecule has 1 N–H and O–H groups in total. The molecule has 0 spiro atoms. The number of amides is 1. The lowest BCUT2D eigenvalue weighted by atomic mass is 10.2. The van der Waals surface area contributed by atoms with E-state index in [4.69, 9.17) is 20.9 Å². The summed E-state index contributed by atoms with van der Waals surface area (Å²) in [6, 6.07) is 12.5. The molecule has 1 heterocycles. The maximum atomic E-state index is 12.0. The Morgan fingerprint density at radius 2 is 1.96 bits per heavy atom. The molecule has 1 aromatic heterocycles. The van der Waals surface area contributed by atoms with Crippen molar-refractivity contribution >= 4 is 23.2 Å². The zero-order valence-electron chi connectivity index (χ0n) is 15.3. The number of carbonyl (C=O) groups excluding carboxylic acids is 1. The van der Waals surface area contributed by atoms with E-state index in [-0.39, 0.29) is 18.4 Å². The standard InChI is InChI=1S/C20H20ClN3O3/c1-12(2)19-23-20(27-24-19)14-5-7-15(8-6-14)26-11-18(25)22-17-9-4-13(3)10-16(17)21/h4-10,12H,11H2,1-3H3,(H,22,25). The van der Waals surface area contributed by atoms with Crippen molar-refractivity contribution in [3.8, 4) is 17.2 Å². The fraction of sp³-hybridized carbons (Fsp3) is 0.250. The van der Waals surface area contributed by atoms with Gasteiger partial charge in [-0.3, -0.25) is 4.79 Å². The van der Waals surface area contributed by atoms with Gasteiger partial charge in [0.05, 0.1) is 10.7 Å². The summed E-state index contributed by atoms with van der Waals surface area (Å²) in [6.07, 6.45) is 0. The first-order valence-corrected chi connectivity index (χ1v) is 8.93. The number of anilines is 1. The van der Waals surface area contributed by atoms with Crippen LogP contribution in [0.2, 0.25) is 5.02 Å². The van der Waals surface area contributed by atoms with Gasteiger partial charge >= 0.3 is 0 Å². The van der Waals surface area contributed by atoms with E-state index in [0.29, 0.717) is 28.2 Å². The summed E-state index contributed by atoms with van der Waals surface area (Å²) in [7, 11) is 0. The molecule has 6 nitrogen and oxygen atoms in total. The number of benzene rings is 2. The summed E-state index contributed by atoms with van der Waals surface area (Å²) < 4.78 is 10.8. The summed E-state index contributed by atoms with van der Waals surface area (Å²) in [5, 5.41) is 7.17. The molecule has 0 bridgehead atoms. The Balaban J connectivity index is 1.57. The molecule has 0 aliphatic carbocycles. The Kier molecular flexibility index (Phi) is 5.76. The van der Waals surface area contributed by atoms with Crippen molar-refractivity contribution in [2.45, 2.75) is 26.7 Å². The molecule has 0 fully saturated rings. The van der Waals surface area contributed by atoms with Gasteiger partial charge in [0, 0.05) is 11.5 Å². The maximum absolute atomic E-state index is 12.0. The van der Waals surface area contributed by atoms with E-state index >= 15 is 0 Å². The van der Waals surface area contributed by atoms with Crippen molar-refractivity contribution in [3.05, 3.63) is 58.9 Å². The van der Waals surface area contributed by atoms with Crippen molar-refractivity contribution in [2.75, 3.05) is 11.9 Å². The van der Waals surface area contributed by atoms with Crippen LogP contribution in [0, 0.1) is 6.92 Å². The number of hydrogen-bond donors (Lipinski definition) is 1. The van der Waals surface area contributed by atoms with Crippen LogP contribution < -0.4 is 10.1 Å². The summed E-state index contributed by atoms with van der Waals surface area (Å²) in [5.41, 5.74) is 2.37. The molecule has 2 aromatic carbocycles. The van der Waals surface area contributed by atoms with Gasteiger partial charge in [-0.05, 0) is 48.9 Å². The van der Waals surface area contributed by atoms with E-state index in [1.54, 1.807) is 24.3 Å². The van der Waals surface area contributed by atoms with Crippen molar-refractivity contribution in [1.82, 2.24) is 10.1 Å². The first-order valence-electron chi connectivity index (χ1n) is 8.55. The van der Waals surface area contributed by atoms with Gasteiger partial charge in [0.1, 0.15) is 5.75 Å². The predicted octanol–water partition coefficient (Wildman–Crippen LogP) is 4.84. The summed E-state index contributed by atoms with van der Waals surface area (Å²) in [6.45, 7) is 5.81. The highest BCUT2D eigenvalue weighted by atomic mass is 35.5. The predicted molar refractivity (Wildman–Crippen MR) is 104 cm³/mol. The highest BCUT2D eigenvalue weighted by molar-refractivity contribution is 6.33. The maximum Gasteiger partial charge on any atom is 0.262 e. The Morgan fingerprint density at radius 1 is 1.22 bits per heavy atom. The third kappa shape index (κ3) is 4.86. The molecule has 0 saturated heterocycles. The first kappa shape index (κ1) is 18.9. The molecule has 3 rings (SSSR count). The Bertz CT molecular complexity index is 936. The molecule has 27 heavy (non-hydrogen) atoms. The molecule has 0 aliphatic heterocycles. The summed E-state index contributed by atoms with van der Waals surface area (Å²) in [4.78, 5) is 16.4. The summed E-state index contributed by atoms with van der Waals surface area (Å²) >= 11 is 6.11. The lowest BCUT2D eigenvalue weighted by molar-refractivity contribution is -0.118. The third-order valence-corrected chi connectivity index (χ3v) is 4.14. The fourth-order valence-corrected chi connectivity index (χ4v) is 2.62.